The fraction of sp³-hybridized carbons (Fsp3) is 0.200. The van der Waals surface area contributed by atoms with E-state index in [0.29, 0.717) is 5.69 Å². The largest absolute Gasteiger partial charge is 0.296 e. The van der Waals surface area contributed by atoms with E-state index in [1.165, 1.54) is 28.8 Å². The predicted octanol–water partition coefficient (Wildman–Crippen LogP) is 4.91. The number of carbonyl (C=O) groups is 1. The summed E-state index contributed by atoms with van der Waals surface area (Å²) in [7, 11) is 0. The van der Waals surface area contributed by atoms with Crippen LogP contribution in [0.3, 0.4) is 0 Å². The molecule has 0 atom stereocenters. The molecule has 2 aromatic carbocycles. The first-order chi connectivity index (χ1) is 11.9. The van der Waals surface area contributed by atoms with E-state index >= 15 is 0 Å². The summed E-state index contributed by atoms with van der Waals surface area (Å²) in [6.07, 6.45) is 5.56. The Kier molecular flexibility index (Phi) is 3.06. The summed E-state index contributed by atoms with van der Waals surface area (Å²) < 4.78 is 2.10. The fourth-order valence-corrected chi connectivity index (χ4v) is 5.01. The molecule has 0 aliphatic heterocycles. The predicted molar refractivity (Wildman–Crippen MR) is 98.0 cm³/mol. The van der Waals surface area contributed by atoms with Crippen LogP contribution in [0.4, 0.5) is 0 Å². The van der Waals surface area contributed by atoms with E-state index < -0.39 is 0 Å². The van der Waals surface area contributed by atoms with Crippen LogP contribution in [0.15, 0.2) is 42.5 Å². The number of thiazole rings is 1. The van der Waals surface area contributed by atoms with Crippen molar-refractivity contribution in [3.8, 4) is 11.3 Å². The van der Waals surface area contributed by atoms with Crippen molar-refractivity contribution in [1.29, 1.82) is 0 Å². The zero-order valence-electron chi connectivity index (χ0n) is 13.2. The van der Waals surface area contributed by atoms with Gasteiger partial charge in [0.05, 0.1) is 0 Å². The molecular formula is C20H16N2OS. The van der Waals surface area contributed by atoms with Crippen molar-refractivity contribution >= 4 is 33.4 Å². The molecule has 4 aromatic rings. The van der Waals surface area contributed by atoms with E-state index in [1.807, 2.05) is 18.2 Å². The van der Waals surface area contributed by atoms with Crippen LogP contribution in [0.5, 0.6) is 0 Å². The topological polar surface area (TPSA) is 34.4 Å². The SMILES string of the molecule is O=Cc1c(-c2cccc3ccccc23)nc2sc3c(n12)CCCC3. The number of aryl methyl sites for hydroxylation is 2. The van der Waals surface area contributed by atoms with Gasteiger partial charge in [-0.3, -0.25) is 9.20 Å². The van der Waals surface area contributed by atoms with Crippen LogP contribution in [0, 0.1) is 0 Å². The van der Waals surface area contributed by atoms with Gasteiger partial charge in [0.1, 0.15) is 11.4 Å². The minimum Gasteiger partial charge on any atom is -0.296 e. The number of benzene rings is 2. The highest BCUT2D eigenvalue weighted by Crippen LogP contribution is 2.36. The molecule has 2 aromatic heterocycles. The van der Waals surface area contributed by atoms with Crippen LogP contribution in [0.25, 0.3) is 27.0 Å². The summed E-state index contributed by atoms with van der Waals surface area (Å²) in [5, 5.41) is 2.31. The van der Waals surface area contributed by atoms with Crippen LogP contribution >= 0.6 is 11.3 Å². The lowest BCUT2D eigenvalue weighted by Crippen LogP contribution is -2.05. The maximum Gasteiger partial charge on any atom is 0.195 e. The van der Waals surface area contributed by atoms with Crippen molar-refractivity contribution in [1.82, 2.24) is 9.38 Å². The monoisotopic (exact) mass is 332 g/mol. The molecule has 4 heteroatoms. The quantitative estimate of drug-likeness (QED) is 0.489. The Morgan fingerprint density at radius 2 is 1.88 bits per heavy atom. The Morgan fingerprint density at radius 3 is 2.79 bits per heavy atom. The van der Waals surface area contributed by atoms with E-state index in [9.17, 15) is 4.79 Å². The summed E-state index contributed by atoms with van der Waals surface area (Å²) in [6, 6.07) is 14.5. The number of aromatic nitrogens is 2. The van der Waals surface area contributed by atoms with Gasteiger partial charge in [0, 0.05) is 16.1 Å². The van der Waals surface area contributed by atoms with E-state index in [0.717, 1.165) is 40.7 Å². The summed E-state index contributed by atoms with van der Waals surface area (Å²) in [5.41, 5.74) is 3.83. The highest BCUT2D eigenvalue weighted by Gasteiger charge is 2.23. The maximum absolute atomic E-state index is 11.9. The summed E-state index contributed by atoms with van der Waals surface area (Å²) in [4.78, 5) is 19.1. The zero-order valence-corrected chi connectivity index (χ0v) is 14.0. The van der Waals surface area contributed by atoms with Gasteiger partial charge < -0.3 is 0 Å². The van der Waals surface area contributed by atoms with Crippen LogP contribution in [-0.4, -0.2) is 15.7 Å². The highest BCUT2D eigenvalue weighted by atomic mass is 32.1. The first-order valence-corrected chi connectivity index (χ1v) is 9.15. The lowest BCUT2D eigenvalue weighted by atomic mass is 10.0. The Labute approximate surface area is 143 Å². The third kappa shape index (κ3) is 1.89. The number of rotatable bonds is 2. The van der Waals surface area contributed by atoms with E-state index in [4.69, 9.17) is 4.98 Å². The van der Waals surface area contributed by atoms with Gasteiger partial charge in [-0.25, -0.2) is 4.98 Å². The standard InChI is InChI=1S/C20H16N2OS/c23-12-17-19(15-9-5-7-13-6-1-2-8-14(13)15)21-20-22(17)16-10-3-4-11-18(16)24-20/h1-2,5-9,12H,3-4,10-11H2. The first kappa shape index (κ1) is 13.9. The third-order valence-corrected chi connectivity index (χ3v) is 6.05. The van der Waals surface area contributed by atoms with Gasteiger partial charge in [0.25, 0.3) is 0 Å². The van der Waals surface area contributed by atoms with Crippen molar-refractivity contribution in [3.05, 3.63) is 58.7 Å². The van der Waals surface area contributed by atoms with Crippen LogP contribution in [-0.2, 0) is 12.8 Å². The van der Waals surface area contributed by atoms with Gasteiger partial charge in [-0.1, -0.05) is 42.5 Å². The number of imidazole rings is 1. The summed E-state index contributed by atoms with van der Waals surface area (Å²) >= 11 is 1.74. The van der Waals surface area contributed by atoms with Crippen molar-refractivity contribution in [3.63, 3.8) is 0 Å². The van der Waals surface area contributed by atoms with E-state index in [2.05, 4.69) is 28.7 Å². The third-order valence-electron chi connectivity index (χ3n) is 4.91. The molecular weight excluding hydrogens is 316 g/mol. The fourth-order valence-electron chi connectivity index (χ4n) is 3.80. The average molecular weight is 332 g/mol. The average Bonchev–Trinajstić information content (AvgIpc) is 3.16. The molecule has 0 saturated heterocycles. The highest BCUT2D eigenvalue weighted by molar-refractivity contribution is 7.17. The van der Waals surface area contributed by atoms with Gasteiger partial charge in [0.15, 0.2) is 11.2 Å². The van der Waals surface area contributed by atoms with Gasteiger partial charge in [0.2, 0.25) is 0 Å². The lowest BCUT2D eigenvalue weighted by molar-refractivity contribution is 0.111. The zero-order chi connectivity index (χ0) is 16.1. The first-order valence-electron chi connectivity index (χ1n) is 8.33. The number of hydrogen-bond donors (Lipinski definition) is 0. The Hall–Kier alpha value is -2.46. The molecule has 0 amide bonds. The second-order valence-corrected chi connectivity index (χ2v) is 7.35. The molecule has 1 aliphatic rings. The smallest absolute Gasteiger partial charge is 0.195 e. The van der Waals surface area contributed by atoms with Gasteiger partial charge in [-0.2, -0.15) is 0 Å². The van der Waals surface area contributed by atoms with Gasteiger partial charge in [-0.15, -0.1) is 11.3 Å². The van der Waals surface area contributed by atoms with Crippen molar-refractivity contribution < 1.29 is 4.79 Å². The molecule has 5 rings (SSSR count). The number of fused-ring (bicyclic) bond motifs is 4. The number of nitrogens with zero attached hydrogens (tertiary/aromatic N) is 2. The Morgan fingerprint density at radius 1 is 1.04 bits per heavy atom. The van der Waals surface area contributed by atoms with Gasteiger partial charge in [-0.05, 0) is 36.5 Å². The van der Waals surface area contributed by atoms with Crippen molar-refractivity contribution in [2.75, 3.05) is 0 Å². The molecule has 0 radical (unpaired) electrons. The van der Waals surface area contributed by atoms with Crippen molar-refractivity contribution in [2.45, 2.75) is 25.7 Å². The summed E-state index contributed by atoms with van der Waals surface area (Å²) in [5.74, 6) is 0. The normalized spacial score (nSPS) is 14.2. The minimum absolute atomic E-state index is 0.695. The molecule has 0 bridgehead atoms. The van der Waals surface area contributed by atoms with Crippen molar-refractivity contribution in [2.24, 2.45) is 0 Å². The molecule has 0 fully saturated rings. The van der Waals surface area contributed by atoms with Gasteiger partial charge >= 0.3 is 0 Å². The van der Waals surface area contributed by atoms with E-state index in [1.54, 1.807) is 11.3 Å². The molecule has 118 valence electrons. The Bertz CT molecular complexity index is 1080. The maximum atomic E-state index is 11.9. The molecule has 0 N–H and O–H groups in total. The molecule has 24 heavy (non-hydrogen) atoms. The van der Waals surface area contributed by atoms with Crippen LogP contribution in [0.1, 0.15) is 33.9 Å². The molecule has 2 heterocycles. The molecule has 0 spiro atoms. The lowest BCUT2D eigenvalue weighted by Gasteiger charge is -2.11. The summed E-state index contributed by atoms with van der Waals surface area (Å²) in [6.45, 7) is 0. The molecule has 1 aliphatic carbocycles. The molecule has 3 nitrogen and oxygen atoms in total. The Balaban J connectivity index is 1.83. The number of aldehydes is 1. The van der Waals surface area contributed by atoms with Crippen LogP contribution < -0.4 is 0 Å². The minimum atomic E-state index is 0.695. The van der Waals surface area contributed by atoms with E-state index in [-0.39, 0.29) is 0 Å². The second kappa shape index (κ2) is 5.28. The molecule has 0 unspecified atom stereocenters. The molecule has 0 saturated carbocycles. The van der Waals surface area contributed by atoms with Crippen LogP contribution in [0.2, 0.25) is 0 Å². The number of carbonyl (C=O) groups excluding carboxylic acids is 1. The second-order valence-electron chi connectivity index (χ2n) is 6.29. The number of hydrogen-bond acceptors (Lipinski definition) is 3.